The number of nitrogens with zero attached hydrogens (tertiary/aromatic N) is 3. The lowest BCUT2D eigenvalue weighted by atomic mass is 10.2. The van der Waals surface area contributed by atoms with Crippen molar-refractivity contribution in [3.05, 3.63) is 65.1 Å². The zero-order chi connectivity index (χ0) is 17.1. The van der Waals surface area contributed by atoms with Gasteiger partial charge in [-0.1, -0.05) is 30.3 Å². The molecule has 0 unspecified atom stereocenters. The summed E-state index contributed by atoms with van der Waals surface area (Å²) in [6, 6.07) is 17.1. The molecule has 0 aliphatic heterocycles. The van der Waals surface area contributed by atoms with Crippen molar-refractivity contribution in [3.63, 3.8) is 0 Å². The average Bonchev–Trinajstić information content (AvgIpc) is 2.88. The third-order valence-electron chi connectivity index (χ3n) is 4.22. The Morgan fingerprint density at radius 3 is 2.08 bits per heavy atom. The first-order chi connectivity index (χ1) is 11.7. The molecule has 1 aromatic heterocycles. The number of benzene rings is 2. The quantitative estimate of drug-likeness (QED) is 0.725. The van der Waals surface area contributed by atoms with E-state index in [1.807, 2.05) is 68.4 Å². The van der Waals surface area contributed by atoms with Gasteiger partial charge in [-0.2, -0.15) is 0 Å². The van der Waals surface area contributed by atoms with Crippen LogP contribution in [0.5, 0.6) is 0 Å². The summed E-state index contributed by atoms with van der Waals surface area (Å²) in [5.41, 5.74) is 2.36. The molecule has 0 aliphatic rings. The van der Waals surface area contributed by atoms with Gasteiger partial charge in [-0.3, -0.25) is 13.9 Å². The van der Waals surface area contributed by atoms with Gasteiger partial charge in [0.15, 0.2) is 0 Å². The molecule has 0 radical (unpaired) electrons. The Labute approximate surface area is 140 Å². The SMILES string of the molecule is CCN(C(=O)Cn1c(=O)n(CC)c2ccccc21)c1ccccc1. The summed E-state index contributed by atoms with van der Waals surface area (Å²) in [6.45, 7) is 5.04. The van der Waals surface area contributed by atoms with Crippen molar-refractivity contribution in [2.45, 2.75) is 26.9 Å². The van der Waals surface area contributed by atoms with Gasteiger partial charge in [0.2, 0.25) is 5.91 Å². The molecule has 0 atom stereocenters. The lowest BCUT2D eigenvalue weighted by molar-refractivity contribution is -0.119. The molecule has 0 aliphatic carbocycles. The van der Waals surface area contributed by atoms with Crippen LogP contribution in [0.1, 0.15) is 13.8 Å². The van der Waals surface area contributed by atoms with Crippen molar-refractivity contribution >= 4 is 22.6 Å². The zero-order valence-electron chi connectivity index (χ0n) is 14.0. The van der Waals surface area contributed by atoms with Gasteiger partial charge in [0.25, 0.3) is 0 Å². The fraction of sp³-hybridized carbons (Fsp3) is 0.263. The number of para-hydroxylation sites is 3. The Hall–Kier alpha value is -2.82. The molecular weight excluding hydrogens is 302 g/mol. The van der Waals surface area contributed by atoms with E-state index in [0.29, 0.717) is 13.1 Å². The zero-order valence-corrected chi connectivity index (χ0v) is 14.0. The Balaban J connectivity index is 1.99. The molecule has 2 aromatic carbocycles. The van der Waals surface area contributed by atoms with E-state index in [4.69, 9.17) is 0 Å². The molecule has 0 bridgehead atoms. The Bertz CT molecular complexity index is 909. The molecule has 1 heterocycles. The highest BCUT2D eigenvalue weighted by molar-refractivity contribution is 5.94. The van der Waals surface area contributed by atoms with Crippen LogP contribution >= 0.6 is 0 Å². The van der Waals surface area contributed by atoms with E-state index in [2.05, 4.69) is 0 Å². The number of aromatic nitrogens is 2. The van der Waals surface area contributed by atoms with Gasteiger partial charge >= 0.3 is 5.69 Å². The first kappa shape index (κ1) is 16.1. The Morgan fingerprint density at radius 1 is 0.917 bits per heavy atom. The van der Waals surface area contributed by atoms with Crippen molar-refractivity contribution in [1.82, 2.24) is 9.13 Å². The van der Waals surface area contributed by atoms with Crippen molar-refractivity contribution in [2.75, 3.05) is 11.4 Å². The molecule has 0 fully saturated rings. The summed E-state index contributed by atoms with van der Waals surface area (Å²) in [7, 11) is 0. The van der Waals surface area contributed by atoms with Crippen LogP contribution in [0.2, 0.25) is 0 Å². The summed E-state index contributed by atoms with van der Waals surface area (Å²) in [6.07, 6.45) is 0. The van der Waals surface area contributed by atoms with Crippen LogP contribution in [0.25, 0.3) is 11.0 Å². The largest absolute Gasteiger partial charge is 0.329 e. The van der Waals surface area contributed by atoms with Crippen molar-refractivity contribution < 1.29 is 4.79 Å². The standard InChI is InChI=1S/C19H21N3O2/c1-3-20(15-10-6-5-7-11-15)18(23)14-22-17-13-9-8-12-16(17)21(4-2)19(22)24/h5-13H,3-4,14H2,1-2H3. The highest BCUT2D eigenvalue weighted by Crippen LogP contribution is 2.16. The Kier molecular flexibility index (Phi) is 4.51. The average molecular weight is 323 g/mol. The molecule has 24 heavy (non-hydrogen) atoms. The van der Waals surface area contributed by atoms with E-state index in [0.717, 1.165) is 16.7 Å². The number of hydrogen-bond acceptors (Lipinski definition) is 2. The highest BCUT2D eigenvalue weighted by Gasteiger charge is 2.18. The molecule has 5 nitrogen and oxygen atoms in total. The predicted octanol–water partition coefficient (Wildman–Crippen LogP) is 2.88. The van der Waals surface area contributed by atoms with E-state index < -0.39 is 0 Å². The molecule has 0 N–H and O–H groups in total. The normalized spacial score (nSPS) is 10.9. The fourth-order valence-electron chi connectivity index (χ4n) is 3.06. The van der Waals surface area contributed by atoms with Gasteiger partial charge in [0, 0.05) is 18.8 Å². The van der Waals surface area contributed by atoms with E-state index >= 15 is 0 Å². The maximum atomic E-state index is 12.8. The first-order valence-corrected chi connectivity index (χ1v) is 8.20. The second kappa shape index (κ2) is 6.74. The summed E-state index contributed by atoms with van der Waals surface area (Å²) in [5, 5.41) is 0. The minimum Gasteiger partial charge on any atom is -0.311 e. The smallest absolute Gasteiger partial charge is 0.311 e. The maximum absolute atomic E-state index is 12.8. The van der Waals surface area contributed by atoms with E-state index in [1.54, 1.807) is 14.0 Å². The molecule has 0 saturated carbocycles. The molecule has 3 aromatic rings. The minimum absolute atomic E-state index is 0.0368. The number of carbonyl (C=O) groups is 1. The van der Waals surface area contributed by atoms with Crippen LogP contribution < -0.4 is 10.6 Å². The van der Waals surface area contributed by atoms with E-state index in [1.165, 1.54) is 0 Å². The number of likely N-dealkylation sites (N-methyl/N-ethyl adjacent to an activating group) is 1. The Morgan fingerprint density at radius 2 is 1.50 bits per heavy atom. The third-order valence-corrected chi connectivity index (χ3v) is 4.22. The van der Waals surface area contributed by atoms with Crippen LogP contribution in [0.4, 0.5) is 5.69 Å². The molecule has 124 valence electrons. The number of fused-ring (bicyclic) bond motifs is 1. The lowest BCUT2D eigenvalue weighted by Crippen LogP contribution is -2.36. The molecular formula is C19H21N3O2. The van der Waals surface area contributed by atoms with E-state index in [-0.39, 0.29) is 18.1 Å². The number of amides is 1. The highest BCUT2D eigenvalue weighted by atomic mass is 16.2. The minimum atomic E-state index is -0.142. The van der Waals surface area contributed by atoms with Crippen LogP contribution in [0.15, 0.2) is 59.4 Å². The molecule has 0 saturated heterocycles. The number of anilines is 1. The second-order valence-corrected chi connectivity index (χ2v) is 5.58. The number of imidazole rings is 1. The maximum Gasteiger partial charge on any atom is 0.329 e. The van der Waals surface area contributed by atoms with Crippen LogP contribution in [0, 0.1) is 0 Å². The van der Waals surface area contributed by atoms with Gasteiger partial charge in [-0.05, 0) is 38.1 Å². The van der Waals surface area contributed by atoms with E-state index in [9.17, 15) is 9.59 Å². The second-order valence-electron chi connectivity index (χ2n) is 5.58. The number of hydrogen-bond donors (Lipinski definition) is 0. The van der Waals surface area contributed by atoms with Gasteiger partial charge in [0.05, 0.1) is 11.0 Å². The van der Waals surface area contributed by atoms with Gasteiger partial charge in [-0.25, -0.2) is 4.79 Å². The van der Waals surface area contributed by atoms with Gasteiger partial charge in [-0.15, -0.1) is 0 Å². The number of rotatable bonds is 5. The van der Waals surface area contributed by atoms with Gasteiger partial charge < -0.3 is 4.90 Å². The summed E-state index contributed by atoms with van der Waals surface area (Å²) in [4.78, 5) is 27.2. The lowest BCUT2D eigenvalue weighted by Gasteiger charge is -2.21. The van der Waals surface area contributed by atoms with Crippen LogP contribution in [0.3, 0.4) is 0 Å². The first-order valence-electron chi connectivity index (χ1n) is 8.20. The monoisotopic (exact) mass is 323 g/mol. The fourth-order valence-corrected chi connectivity index (χ4v) is 3.06. The molecule has 3 rings (SSSR count). The predicted molar refractivity (Wildman–Crippen MR) is 96.3 cm³/mol. The topological polar surface area (TPSA) is 47.2 Å². The summed E-state index contributed by atoms with van der Waals surface area (Å²) >= 11 is 0. The van der Waals surface area contributed by atoms with Crippen molar-refractivity contribution in [2.24, 2.45) is 0 Å². The van der Waals surface area contributed by atoms with Crippen molar-refractivity contribution in [1.29, 1.82) is 0 Å². The summed E-state index contributed by atoms with van der Waals surface area (Å²) < 4.78 is 3.26. The molecule has 0 spiro atoms. The molecule has 1 amide bonds. The van der Waals surface area contributed by atoms with Crippen LogP contribution in [-0.4, -0.2) is 21.6 Å². The number of carbonyl (C=O) groups excluding carboxylic acids is 1. The van der Waals surface area contributed by atoms with Gasteiger partial charge in [0.1, 0.15) is 6.54 Å². The van der Waals surface area contributed by atoms with Crippen LogP contribution in [-0.2, 0) is 17.9 Å². The number of aryl methyl sites for hydroxylation is 1. The molecule has 5 heteroatoms. The van der Waals surface area contributed by atoms with Crippen molar-refractivity contribution in [3.8, 4) is 0 Å². The third kappa shape index (κ3) is 2.73. The summed E-state index contributed by atoms with van der Waals surface area (Å²) in [5.74, 6) is -0.0928.